The first kappa shape index (κ1) is 20.3. The van der Waals surface area contributed by atoms with Crippen LogP contribution in [0, 0.1) is 0 Å². The average Bonchev–Trinajstić information content (AvgIpc) is 2.98. The first-order valence-electron chi connectivity index (χ1n) is 9.22. The Kier molecular flexibility index (Phi) is 5.04. The summed E-state index contributed by atoms with van der Waals surface area (Å²) in [5, 5.41) is 2.65. The van der Waals surface area contributed by atoms with Gasteiger partial charge in [-0.2, -0.15) is 0 Å². The summed E-state index contributed by atoms with van der Waals surface area (Å²) >= 11 is 0. The molecule has 0 unspecified atom stereocenters. The first-order valence-corrected chi connectivity index (χ1v) is 10.7. The smallest absolute Gasteiger partial charge is 0.261 e. The van der Waals surface area contributed by atoms with Gasteiger partial charge < -0.3 is 5.32 Å². The van der Waals surface area contributed by atoms with Crippen molar-refractivity contribution in [2.75, 3.05) is 17.1 Å². The minimum Gasteiger partial charge on any atom is -0.322 e. The van der Waals surface area contributed by atoms with Gasteiger partial charge in [-0.15, -0.1) is 0 Å². The van der Waals surface area contributed by atoms with E-state index in [1.807, 2.05) is 0 Å². The van der Waals surface area contributed by atoms with Gasteiger partial charge in [-0.05, 0) is 42.5 Å². The summed E-state index contributed by atoms with van der Waals surface area (Å²) in [7, 11) is -2.50. The van der Waals surface area contributed by atoms with Crippen LogP contribution in [0.4, 0.5) is 11.4 Å². The number of carbonyl (C=O) groups is 3. The number of rotatable bonds is 5. The fourth-order valence-electron chi connectivity index (χ4n) is 3.21. The van der Waals surface area contributed by atoms with Crippen LogP contribution >= 0.6 is 0 Å². The standard InChI is InChI=1S/C22H17N3O5S/c1-25-21(27)16-12-11-14(13-18(16)22(25)28)23-20(26)17-9-5-6-10-19(17)24-31(29,30)15-7-3-2-4-8-15/h2-13,24H,1H3,(H,23,26). The van der Waals surface area contributed by atoms with Crippen molar-refractivity contribution in [3.05, 3.63) is 89.5 Å². The van der Waals surface area contributed by atoms with Crippen LogP contribution in [0.25, 0.3) is 0 Å². The van der Waals surface area contributed by atoms with Crippen molar-refractivity contribution in [2.45, 2.75) is 4.90 Å². The van der Waals surface area contributed by atoms with Crippen LogP contribution < -0.4 is 10.0 Å². The fraction of sp³-hybridized carbons (Fsp3) is 0.0455. The number of hydrogen-bond donors (Lipinski definition) is 2. The maximum absolute atomic E-state index is 12.9. The van der Waals surface area contributed by atoms with Crippen LogP contribution in [-0.4, -0.2) is 38.1 Å². The van der Waals surface area contributed by atoms with E-state index in [0.717, 1.165) is 4.90 Å². The third kappa shape index (κ3) is 3.78. The number of imide groups is 1. The molecule has 0 bridgehead atoms. The Bertz CT molecular complexity index is 1320. The third-order valence-corrected chi connectivity index (χ3v) is 6.20. The summed E-state index contributed by atoms with van der Waals surface area (Å²) in [6, 6.07) is 18.4. The number of hydrogen-bond acceptors (Lipinski definition) is 5. The van der Waals surface area contributed by atoms with Crippen molar-refractivity contribution in [3.8, 4) is 0 Å². The lowest BCUT2D eigenvalue weighted by Crippen LogP contribution is -2.24. The second-order valence-corrected chi connectivity index (χ2v) is 8.53. The second kappa shape index (κ2) is 7.69. The highest BCUT2D eigenvalue weighted by Crippen LogP contribution is 2.26. The molecule has 156 valence electrons. The van der Waals surface area contributed by atoms with Gasteiger partial charge in [-0.3, -0.25) is 24.0 Å². The highest BCUT2D eigenvalue weighted by atomic mass is 32.2. The zero-order chi connectivity index (χ0) is 22.2. The largest absolute Gasteiger partial charge is 0.322 e. The lowest BCUT2D eigenvalue weighted by Gasteiger charge is -2.13. The maximum atomic E-state index is 12.9. The van der Waals surface area contributed by atoms with Gasteiger partial charge in [0, 0.05) is 12.7 Å². The van der Waals surface area contributed by atoms with Gasteiger partial charge in [0.25, 0.3) is 27.7 Å². The molecule has 0 saturated carbocycles. The van der Waals surface area contributed by atoms with E-state index in [0.29, 0.717) is 5.69 Å². The van der Waals surface area contributed by atoms with Gasteiger partial charge >= 0.3 is 0 Å². The lowest BCUT2D eigenvalue weighted by molar-refractivity contribution is 0.0692. The highest BCUT2D eigenvalue weighted by Gasteiger charge is 2.32. The molecule has 1 aliphatic heterocycles. The van der Waals surface area contributed by atoms with Gasteiger partial charge in [0.05, 0.1) is 27.3 Å². The van der Waals surface area contributed by atoms with Gasteiger partial charge in [-0.1, -0.05) is 30.3 Å². The SMILES string of the molecule is CN1C(=O)c2ccc(NC(=O)c3ccccc3NS(=O)(=O)c3ccccc3)cc2C1=O. The number of benzene rings is 3. The molecule has 3 aromatic rings. The van der Waals surface area contributed by atoms with Crippen molar-refractivity contribution >= 4 is 39.1 Å². The summed E-state index contributed by atoms with van der Waals surface area (Å²) in [6.45, 7) is 0. The van der Waals surface area contributed by atoms with E-state index in [4.69, 9.17) is 0 Å². The summed E-state index contributed by atoms with van der Waals surface area (Å²) < 4.78 is 27.7. The molecule has 1 aliphatic rings. The Hall–Kier alpha value is -3.98. The van der Waals surface area contributed by atoms with Crippen LogP contribution in [0.5, 0.6) is 0 Å². The van der Waals surface area contributed by atoms with Crippen LogP contribution in [0.3, 0.4) is 0 Å². The first-order chi connectivity index (χ1) is 14.8. The van der Waals surface area contributed by atoms with Crippen molar-refractivity contribution in [1.82, 2.24) is 4.90 Å². The van der Waals surface area contributed by atoms with Crippen LogP contribution in [0.2, 0.25) is 0 Å². The molecule has 9 heteroatoms. The number of amides is 3. The molecule has 3 aromatic carbocycles. The van der Waals surface area contributed by atoms with E-state index >= 15 is 0 Å². The third-order valence-electron chi connectivity index (χ3n) is 4.82. The molecule has 31 heavy (non-hydrogen) atoms. The number of carbonyl (C=O) groups excluding carboxylic acids is 3. The summed E-state index contributed by atoms with van der Waals surface area (Å²) in [6.07, 6.45) is 0. The zero-order valence-corrected chi connectivity index (χ0v) is 17.1. The molecular weight excluding hydrogens is 418 g/mol. The monoisotopic (exact) mass is 435 g/mol. The number of fused-ring (bicyclic) bond motifs is 1. The van der Waals surface area contributed by atoms with Gasteiger partial charge in [0.2, 0.25) is 0 Å². The summed E-state index contributed by atoms with van der Waals surface area (Å²) in [5.74, 6) is -1.43. The molecule has 0 fully saturated rings. The van der Waals surface area contributed by atoms with E-state index < -0.39 is 27.7 Å². The Morgan fingerprint density at radius 3 is 2.23 bits per heavy atom. The van der Waals surface area contributed by atoms with Gasteiger partial charge in [0.1, 0.15) is 0 Å². The number of nitrogens with one attached hydrogen (secondary N) is 2. The molecule has 0 aromatic heterocycles. The van der Waals surface area contributed by atoms with E-state index in [1.54, 1.807) is 30.3 Å². The van der Waals surface area contributed by atoms with Crippen molar-refractivity contribution in [3.63, 3.8) is 0 Å². The lowest BCUT2D eigenvalue weighted by atomic mass is 10.1. The molecule has 2 N–H and O–H groups in total. The summed E-state index contributed by atoms with van der Waals surface area (Å²) in [4.78, 5) is 38.1. The number of nitrogens with zero attached hydrogens (tertiary/aromatic N) is 1. The van der Waals surface area contributed by atoms with Crippen molar-refractivity contribution in [2.24, 2.45) is 0 Å². The molecule has 3 amide bonds. The molecule has 0 radical (unpaired) electrons. The Morgan fingerprint density at radius 1 is 0.839 bits per heavy atom. The molecule has 1 heterocycles. The van der Waals surface area contributed by atoms with Crippen molar-refractivity contribution < 1.29 is 22.8 Å². The average molecular weight is 435 g/mol. The molecule has 0 atom stereocenters. The van der Waals surface area contributed by atoms with Gasteiger partial charge in [0.15, 0.2) is 0 Å². The Labute approximate surface area is 178 Å². The Morgan fingerprint density at radius 2 is 1.48 bits per heavy atom. The van der Waals surface area contributed by atoms with Crippen LogP contribution in [0.15, 0.2) is 77.7 Å². The van der Waals surface area contributed by atoms with Crippen LogP contribution in [0.1, 0.15) is 31.1 Å². The minimum atomic E-state index is -3.89. The predicted molar refractivity (Wildman–Crippen MR) is 115 cm³/mol. The number of anilines is 2. The fourth-order valence-corrected chi connectivity index (χ4v) is 4.31. The number of sulfonamides is 1. The zero-order valence-electron chi connectivity index (χ0n) is 16.3. The van der Waals surface area contributed by atoms with E-state index in [-0.39, 0.29) is 27.3 Å². The van der Waals surface area contributed by atoms with Crippen LogP contribution in [-0.2, 0) is 10.0 Å². The number of para-hydroxylation sites is 1. The predicted octanol–water partition coefficient (Wildman–Crippen LogP) is 2.97. The second-order valence-electron chi connectivity index (χ2n) is 6.85. The van der Waals surface area contributed by atoms with E-state index in [1.165, 1.54) is 49.5 Å². The molecule has 8 nitrogen and oxygen atoms in total. The van der Waals surface area contributed by atoms with Gasteiger partial charge in [-0.25, -0.2) is 8.42 Å². The quantitative estimate of drug-likeness (QED) is 0.599. The molecule has 0 saturated heterocycles. The normalized spacial score (nSPS) is 13.1. The Balaban J connectivity index is 1.60. The minimum absolute atomic E-state index is 0.0659. The van der Waals surface area contributed by atoms with Crippen molar-refractivity contribution in [1.29, 1.82) is 0 Å². The molecular formula is C22H17N3O5S. The van der Waals surface area contributed by atoms with E-state index in [9.17, 15) is 22.8 Å². The molecule has 4 rings (SSSR count). The summed E-state index contributed by atoms with van der Waals surface area (Å²) in [5.41, 5.74) is 0.976. The molecule has 0 spiro atoms. The highest BCUT2D eigenvalue weighted by molar-refractivity contribution is 7.92. The van der Waals surface area contributed by atoms with E-state index in [2.05, 4.69) is 10.0 Å². The topological polar surface area (TPSA) is 113 Å². The maximum Gasteiger partial charge on any atom is 0.261 e. The molecule has 0 aliphatic carbocycles.